The fourth-order valence-electron chi connectivity index (χ4n) is 9.73. The van der Waals surface area contributed by atoms with Crippen molar-refractivity contribution in [2.24, 2.45) is 0 Å². The van der Waals surface area contributed by atoms with E-state index in [4.69, 9.17) is 24.9 Å². The summed E-state index contributed by atoms with van der Waals surface area (Å²) in [6, 6.07) is 78.5. The van der Waals surface area contributed by atoms with E-state index in [1.165, 1.54) is 27.6 Å². The highest BCUT2D eigenvalue weighted by molar-refractivity contribution is 5.97. The molecule has 5 heteroatoms. The summed E-state index contributed by atoms with van der Waals surface area (Å²) in [5, 5.41) is 2.32. The van der Waals surface area contributed by atoms with Crippen molar-refractivity contribution in [3.8, 4) is 101 Å². The zero-order chi connectivity index (χ0) is 44.9. The van der Waals surface area contributed by atoms with Crippen LogP contribution in [0.4, 0.5) is 0 Å². The van der Waals surface area contributed by atoms with Crippen molar-refractivity contribution >= 4 is 10.8 Å². The summed E-state index contributed by atoms with van der Waals surface area (Å²) in [7, 11) is 0. The number of hydrogen-bond donors (Lipinski definition) is 0. The van der Waals surface area contributed by atoms with Gasteiger partial charge >= 0.3 is 0 Å². The van der Waals surface area contributed by atoms with E-state index < -0.39 is 0 Å². The summed E-state index contributed by atoms with van der Waals surface area (Å²) < 4.78 is 0. The molecule has 0 fully saturated rings. The van der Waals surface area contributed by atoms with Crippen LogP contribution < -0.4 is 0 Å². The average Bonchev–Trinajstić information content (AvgIpc) is 3.64. The molecule has 11 aromatic rings. The molecular formula is C62H43N5. The minimum absolute atomic E-state index is 0.164. The molecule has 2 aromatic heterocycles. The number of nitrogens with zero attached hydrogens (tertiary/aromatic N) is 5. The molecule has 0 saturated carbocycles. The van der Waals surface area contributed by atoms with Crippen LogP contribution in [0.25, 0.3) is 112 Å². The van der Waals surface area contributed by atoms with Crippen molar-refractivity contribution in [2.75, 3.05) is 0 Å². The number of rotatable bonds is 8. The van der Waals surface area contributed by atoms with Gasteiger partial charge in [0, 0.05) is 38.8 Å². The monoisotopic (exact) mass is 857 g/mol. The Balaban J connectivity index is 0.975. The maximum atomic E-state index is 5.32. The first-order valence-corrected chi connectivity index (χ1v) is 22.7. The quantitative estimate of drug-likeness (QED) is 0.152. The summed E-state index contributed by atoms with van der Waals surface area (Å²) in [5.74, 6) is 2.55. The molecule has 1 aliphatic rings. The van der Waals surface area contributed by atoms with E-state index in [0.717, 1.165) is 72.4 Å². The zero-order valence-electron chi connectivity index (χ0n) is 37.1. The predicted molar refractivity (Wildman–Crippen MR) is 274 cm³/mol. The van der Waals surface area contributed by atoms with Gasteiger partial charge in [0.1, 0.15) is 0 Å². The fraction of sp³-hybridized carbons (Fsp3) is 0.0484. The minimum atomic E-state index is -0.164. The molecule has 0 amide bonds. The molecule has 2 heterocycles. The third-order valence-corrected chi connectivity index (χ3v) is 13.2. The molecule has 0 spiro atoms. The van der Waals surface area contributed by atoms with E-state index in [0.29, 0.717) is 23.3 Å². The van der Waals surface area contributed by atoms with Crippen molar-refractivity contribution in [2.45, 2.75) is 19.3 Å². The molecule has 0 atom stereocenters. The van der Waals surface area contributed by atoms with Crippen LogP contribution in [0.3, 0.4) is 0 Å². The largest absolute Gasteiger partial charge is 0.228 e. The Morgan fingerprint density at radius 3 is 1.54 bits per heavy atom. The first-order chi connectivity index (χ1) is 32.9. The first kappa shape index (κ1) is 39.9. The third kappa shape index (κ3) is 7.27. The minimum Gasteiger partial charge on any atom is -0.228 e. The molecule has 0 saturated heterocycles. The molecule has 0 radical (unpaired) electrons. The number of benzene rings is 9. The van der Waals surface area contributed by atoms with Gasteiger partial charge in [-0.25, -0.2) is 24.9 Å². The Kier molecular flexibility index (Phi) is 9.76. The van der Waals surface area contributed by atoms with Crippen LogP contribution in [-0.2, 0) is 5.41 Å². The average molecular weight is 858 g/mol. The van der Waals surface area contributed by atoms with E-state index in [9.17, 15) is 0 Å². The van der Waals surface area contributed by atoms with Crippen molar-refractivity contribution in [3.63, 3.8) is 0 Å². The molecule has 0 bridgehead atoms. The lowest BCUT2D eigenvalue weighted by molar-refractivity contribution is 0.660. The van der Waals surface area contributed by atoms with E-state index in [1.54, 1.807) is 0 Å². The Hall–Kier alpha value is -8.67. The molecule has 5 nitrogen and oxygen atoms in total. The topological polar surface area (TPSA) is 64.5 Å². The Labute approximate surface area is 390 Å². The van der Waals surface area contributed by atoms with Gasteiger partial charge in [-0.15, -0.1) is 0 Å². The second-order valence-corrected chi connectivity index (χ2v) is 17.7. The standard InChI is InChI=1S/C62H43N5/c1-62(2)53-31-12-11-28-51(53)57-52(30-16-32-54(57)62)61-66-59(44-35-33-41(34-36-44)40-17-5-3-6-18-40)65-60(67-61)48-26-14-24-46(38-48)45-23-13-25-47(37-45)55-39-56(64-58(63-55)43-20-7-4-8-21-43)50-29-15-22-42-19-9-10-27-49(42)50/h3-39H,1-2H3. The molecule has 0 aliphatic heterocycles. The molecule has 316 valence electrons. The van der Waals surface area contributed by atoms with Crippen LogP contribution in [0.1, 0.15) is 25.0 Å². The van der Waals surface area contributed by atoms with Gasteiger partial charge in [-0.05, 0) is 73.5 Å². The van der Waals surface area contributed by atoms with Gasteiger partial charge in [0.15, 0.2) is 23.3 Å². The third-order valence-electron chi connectivity index (χ3n) is 13.2. The lowest BCUT2D eigenvalue weighted by Gasteiger charge is -2.21. The van der Waals surface area contributed by atoms with Gasteiger partial charge in [0.25, 0.3) is 0 Å². The van der Waals surface area contributed by atoms with E-state index in [1.807, 2.05) is 24.3 Å². The van der Waals surface area contributed by atoms with Crippen molar-refractivity contribution in [1.82, 2.24) is 24.9 Å². The van der Waals surface area contributed by atoms with Crippen molar-refractivity contribution in [1.29, 1.82) is 0 Å². The first-order valence-electron chi connectivity index (χ1n) is 22.7. The zero-order valence-corrected chi connectivity index (χ0v) is 37.1. The van der Waals surface area contributed by atoms with Crippen LogP contribution in [0, 0.1) is 0 Å². The van der Waals surface area contributed by atoms with Gasteiger partial charge in [-0.1, -0.05) is 220 Å². The lowest BCUT2D eigenvalue weighted by Crippen LogP contribution is -2.14. The van der Waals surface area contributed by atoms with Crippen molar-refractivity contribution < 1.29 is 0 Å². The summed E-state index contributed by atoms with van der Waals surface area (Å²) in [6.07, 6.45) is 0. The maximum absolute atomic E-state index is 5.32. The van der Waals surface area contributed by atoms with Gasteiger partial charge in [0.2, 0.25) is 0 Å². The number of aromatic nitrogens is 5. The summed E-state index contributed by atoms with van der Waals surface area (Å²) in [4.78, 5) is 26.2. The number of hydrogen-bond acceptors (Lipinski definition) is 5. The van der Waals surface area contributed by atoms with Gasteiger partial charge < -0.3 is 0 Å². The maximum Gasteiger partial charge on any atom is 0.164 e. The summed E-state index contributed by atoms with van der Waals surface area (Å²) >= 11 is 0. The van der Waals surface area contributed by atoms with E-state index >= 15 is 0 Å². The molecule has 9 aromatic carbocycles. The van der Waals surface area contributed by atoms with Gasteiger partial charge in [-0.2, -0.15) is 0 Å². The lowest BCUT2D eigenvalue weighted by atomic mass is 9.82. The van der Waals surface area contributed by atoms with Crippen molar-refractivity contribution in [3.05, 3.63) is 236 Å². The van der Waals surface area contributed by atoms with Crippen LogP contribution in [-0.4, -0.2) is 24.9 Å². The van der Waals surface area contributed by atoms with Crippen LogP contribution in [0.5, 0.6) is 0 Å². The second kappa shape index (κ2) is 16.4. The summed E-state index contributed by atoms with van der Waals surface area (Å²) in [6.45, 7) is 4.61. The molecule has 0 unspecified atom stereocenters. The second-order valence-electron chi connectivity index (χ2n) is 17.7. The van der Waals surface area contributed by atoms with Crippen LogP contribution in [0.15, 0.2) is 224 Å². The highest BCUT2D eigenvalue weighted by Crippen LogP contribution is 2.51. The van der Waals surface area contributed by atoms with Gasteiger partial charge in [0.05, 0.1) is 11.4 Å². The Morgan fingerprint density at radius 1 is 0.284 bits per heavy atom. The van der Waals surface area contributed by atoms with Crippen LogP contribution in [0.2, 0.25) is 0 Å². The van der Waals surface area contributed by atoms with Crippen LogP contribution >= 0.6 is 0 Å². The highest BCUT2D eigenvalue weighted by Gasteiger charge is 2.37. The normalized spacial score (nSPS) is 12.4. The Morgan fingerprint density at radius 2 is 0.746 bits per heavy atom. The predicted octanol–water partition coefficient (Wildman–Crippen LogP) is 15.5. The van der Waals surface area contributed by atoms with E-state index in [2.05, 4.69) is 214 Å². The highest BCUT2D eigenvalue weighted by atomic mass is 15.0. The molecule has 67 heavy (non-hydrogen) atoms. The SMILES string of the molecule is CC1(C)c2ccccc2-c2c(-c3nc(-c4ccc(-c5ccccc5)cc4)nc(-c4cccc(-c5cccc(-c6cc(-c7cccc8ccccc78)nc(-c7ccccc7)n6)c5)c4)n3)cccc21. The molecule has 1 aliphatic carbocycles. The Bertz CT molecular complexity index is 3650. The fourth-order valence-corrected chi connectivity index (χ4v) is 9.73. The number of fused-ring (bicyclic) bond motifs is 4. The molecule has 0 N–H and O–H groups in total. The summed E-state index contributed by atoms with van der Waals surface area (Å²) in [5.41, 5.74) is 16.8. The smallest absolute Gasteiger partial charge is 0.164 e. The van der Waals surface area contributed by atoms with Gasteiger partial charge in [-0.3, -0.25) is 0 Å². The van der Waals surface area contributed by atoms with E-state index in [-0.39, 0.29) is 5.41 Å². The molecule has 12 rings (SSSR count). The molecular weight excluding hydrogens is 815 g/mol.